The van der Waals surface area contributed by atoms with E-state index in [9.17, 15) is 57.5 Å². The summed E-state index contributed by atoms with van der Waals surface area (Å²) in [4.78, 5) is 157. The fourth-order valence-corrected chi connectivity index (χ4v) is 16.4. The number of amides is 12. The maximum Gasteiger partial charge on any atom is 0.407 e. The highest BCUT2D eigenvalue weighted by Gasteiger charge is 2.37. The molecule has 43 heteroatoms. The summed E-state index contributed by atoms with van der Waals surface area (Å²) in [5.41, 5.74) is 14.2. The lowest BCUT2D eigenvalue weighted by Crippen LogP contribution is -2.37. The van der Waals surface area contributed by atoms with Crippen molar-refractivity contribution in [1.82, 2.24) is 71.9 Å². The summed E-state index contributed by atoms with van der Waals surface area (Å²) in [6.45, 7) is 16.2. The number of carbonyl (C=O) groups excluding carboxylic acids is 12. The molecule has 0 radical (unpaired) electrons. The van der Waals surface area contributed by atoms with Gasteiger partial charge in [-0.1, -0.05) is 104 Å². The number of anilines is 1. The maximum absolute atomic E-state index is 13.9. The molecule has 12 amide bonds. The number of aryl methyl sites for hydroxylation is 2. The van der Waals surface area contributed by atoms with E-state index in [4.69, 9.17) is 71.1 Å². The summed E-state index contributed by atoms with van der Waals surface area (Å²) in [5.74, 6) is -2.92. The number of rotatable bonds is 73. The van der Waals surface area contributed by atoms with Crippen LogP contribution >= 0.6 is 0 Å². The number of imide groups is 2. The van der Waals surface area contributed by atoms with Crippen molar-refractivity contribution < 1.29 is 129 Å². The lowest BCUT2D eigenvalue weighted by atomic mass is 9.89. The number of fused-ring (bicyclic) bond motifs is 6. The number of aromatic nitrogens is 5. The van der Waals surface area contributed by atoms with Gasteiger partial charge in [-0.15, -0.1) is 10.2 Å². The molecule has 2 saturated heterocycles. The van der Waals surface area contributed by atoms with Gasteiger partial charge in [0, 0.05) is 145 Å². The van der Waals surface area contributed by atoms with E-state index < -0.39 is 6.09 Å². The van der Waals surface area contributed by atoms with Gasteiger partial charge in [-0.05, 0) is 97.9 Å². The minimum Gasteiger partial charge on any atom is -0.446 e. The van der Waals surface area contributed by atoms with Crippen molar-refractivity contribution in [3.8, 4) is 33.8 Å². The van der Waals surface area contributed by atoms with E-state index in [2.05, 4.69) is 57.6 Å². The second-order valence-corrected chi connectivity index (χ2v) is 35.4. The highest BCUT2D eigenvalue weighted by molar-refractivity contribution is 6.05. The summed E-state index contributed by atoms with van der Waals surface area (Å²) >= 11 is 0. The number of unbranched alkanes of at least 4 members (excludes halogenated alkanes) is 2. The van der Waals surface area contributed by atoms with E-state index in [0.29, 0.717) is 160 Å². The lowest BCUT2D eigenvalue weighted by Gasteiger charge is -2.28. The monoisotopic (exact) mass is 2050 g/mol. The molecule has 2 unspecified atom stereocenters. The molecule has 10 rings (SSSR count). The van der Waals surface area contributed by atoms with Crippen molar-refractivity contribution in [1.29, 1.82) is 0 Å². The van der Waals surface area contributed by atoms with Gasteiger partial charge in [-0.3, -0.25) is 62.5 Å². The third-order valence-electron chi connectivity index (χ3n) is 24.4. The zero-order valence-electron chi connectivity index (χ0n) is 85.2. The van der Waals surface area contributed by atoms with Crippen LogP contribution in [-0.2, 0) is 152 Å². The summed E-state index contributed by atoms with van der Waals surface area (Å²) in [6, 6.07) is 30.1. The SMILES string of the molecule is Cc1nnc(-c2ccc(CNC(=O)CCOCCOCCOCCOCCNC(=O)c3ccc(/C=N/NC(=O)CCCCCN4C(=O)CC(C)C4=O)cc3)cc2)c2c1CCC[C@@H](OC(=O)NCCOCCOCCOCCN(CCOCCOCCOCCNC(=O)CCC(=O)N1Cc3ccccc3-c3c(nnn3C)-c3ccccc31)C(=O)CCOCCOCCOCCOCCNC(=O)CCN1C(=O)CC(C)C1=O)CC2. The Hall–Kier alpha value is -12.0. The summed E-state index contributed by atoms with van der Waals surface area (Å²) in [5, 5.41) is 36.1. The Morgan fingerprint density at radius 1 is 0.449 bits per heavy atom. The average Bonchev–Trinajstić information content (AvgIpc) is 1.66. The van der Waals surface area contributed by atoms with Gasteiger partial charge < -0.3 is 107 Å². The number of likely N-dealkylation sites (tertiary alicyclic amines) is 2. The Morgan fingerprint density at radius 3 is 1.52 bits per heavy atom. The van der Waals surface area contributed by atoms with Crippen LogP contribution in [0.25, 0.3) is 33.8 Å². The molecule has 4 aromatic carbocycles. The minimum atomic E-state index is -0.524. The van der Waals surface area contributed by atoms with E-state index >= 15 is 0 Å². The molecule has 804 valence electrons. The number of benzene rings is 4. The van der Waals surface area contributed by atoms with E-state index in [-0.39, 0.29) is 286 Å². The van der Waals surface area contributed by atoms with Gasteiger partial charge in [0.05, 0.1) is 227 Å². The zero-order chi connectivity index (χ0) is 104. The van der Waals surface area contributed by atoms with Crippen molar-refractivity contribution in [3.63, 3.8) is 0 Å². The van der Waals surface area contributed by atoms with Crippen LogP contribution in [0.3, 0.4) is 0 Å². The van der Waals surface area contributed by atoms with Crippen LogP contribution in [0.4, 0.5) is 10.5 Å². The predicted molar refractivity (Wildman–Crippen MR) is 538 cm³/mol. The van der Waals surface area contributed by atoms with Crippen LogP contribution in [0.15, 0.2) is 102 Å². The molecular weight excluding hydrogens is 1910 g/mol. The van der Waals surface area contributed by atoms with E-state index in [0.717, 1.165) is 73.8 Å². The van der Waals surface area contributed by atoms with Gasteiger partial charge in [-0.25, -0.2) is 14.9 Å². The molecule has 2 aromatic heterocycles. The molecule has 6 N–H and O–H groups in total. The molecule has 2 fully saturated rings. The van der Waals surface area contributed by atoms with Gasteiger partial charge in [0.1, 0.15) is 11.8 Å². The topological polar surface area (TPSA) is 497 Å². The minimum absolute atomic E-state index is 0.000518. The smallest absolute Gasteiger partial charge is 0.407 e. The quantitative estimate of drug-likeness (QED) is 0.0112. The van der Waals surface area contributed by atoms with Crippen molar-refractivity contribution in [3.05, 3.63) is 136 Å². The Morgan fingerprint density at radius 2 is 0.952 bits per heavy atom. The first-order valence-electron chi connectivity index (χ1n) is 51.0. The fourth-order valence-electron chi connectivity index (χ4n) is 16.4. The average molecular weight is 2050 g/mol. The number of para-hydroxylation sites is 1. The van der Waals surface area contributed by atoms with Crippen molar-refractivity contribution in [2.24, 2.45) is 24.0 Å². The van der Waals surface area contributed by atoms with Crippen LogP contribution in [-0.4, -0.2) is 361 Å². The molecule has 147 heavy (non-hydrogen) atoms. The van der Waals surface area contributed by atoms with Crippen LogP contribution in [0, 0.1) is 18.8 Å². The fraction of sp³-hybridized carbons (Fsp3) is 0.587. The Bertz CT molecular complexity index is 5110. The number of carbonyl (C=O) groups is 12. The molecule has 0 spiro atoms. The van der Waals surface area contributed by atoms with Crippen LogP contribution in [0.5, 0.6) is 0 Å². The van der Waals surface area contributed by atoms with Gasteiger partial charge in [0.15, 0.2) is 0 Å². The number of hydrogen-bond donors (Lipinski definition) is 6. The largest absolute Gasteiger partial charge is 0.446 e. The Kier molecular flexibility index (Phi) is 54.0. The molecule has 43 nitrogen and oxygen atoms in total. The molecule has 6 aromatic rings. The number of ether oxygens (including phenoxy) is 15. The van der Waals surface area contributed by atoms with Gasteiger partial charge in [-0.2, -0.15) is 10.2 Å². The Labute approximate surface area is 858 Å². The first-order valence-corrected chi connectivity index (χ1v) is 51.0. The summed E-state index contributed by atoms with van der Waals surface area (Å²) in [6.07, 6.45) is 7.09. The molecule has 5 heterocycles. The van der Waals surface area contributed by atoms with E-state index in [1.807, 2.05) is 86.8 Å². The molecule has 0 saturated carbocycles. The number of hydrazone groups is 1. The first kappa shape index (κ1) is 117. The Balaban J connectivity index is 0.516. The molecule has 4 aliphatic rings. The highest BCUT2D eigenvalue weighted by Crippen LogP contribution is 2.41. The number of nitrogens with zero attached hydrogens (tertiary/aromatic N) is 10. The molecule has 3 atom stereocenters. The van der Waals surface area contributed by atoms with Crippen molar-refractivity contribution in [2.75, 3.05) is 242 Å². The summed E-state index contributed by atoms with van der Waals surface area (Å²) in [7, 11) is 1.85. The number of hydrogen-bond acceptors (Lipinski definition) is 32. The normalized spacial score (nSPS) is 15.0. The van der Waals surface area contributed by atoms with E-state index in [1.54, 1.807) is 52.6 Å². The molecule has 3 aliphatic heterocycles. The predicted octanol–water partition coefficient (Wildman–Crippen LogP) is 5.92. The maximum atomic E-state index is 13.9. The number of alkyl carbamates (subject to hydrolysis) is 1. The molecule has 1 aliphatic carbocycles. The van der Waals surface area contributed by atoms with Crippen molar-refractivity contribution in [2.45, 2.75) is 143 Å². The molecule has 0 bridgehead atoms. The second kappa shape index (κ2) is 67.8. The lowest BCUT2D eigenvalue weighted by molar-refractivity contribution is -0.141. The molecular formula is C104H146N16O27. The highest BCUT2D eigenvalue weighted by atomic mass is 16.6. The first-order chi connectivity index (χ1) is 71.7. The van der Waals surface area contributed by atoms with Gasteiger partial charge in [0.25, 0.3) is 5.91 Å². The van der Waals surface area contributed by atoms with Crippen LogP contribution in [0.2, 0.25) is 0 Å². The van der Waals surface area contributed by atoms with Crippen LogP contribution in [0.1, 0.15) is 148 Å². The third-order valence-corrected chi connectivity index (χ3v) is 24.4. The summed E-state index contributed by atoms with van der Waals surface area (Å²) < 4.78 is 87.1. The van der Waals surface area contributed by atoms with Gasteiger partial charge in [0.2, 0.25) is 59.1 Å². The zero-order valence-corrected chi connectivity index (χ0v) is 85.2. The van der Waals surface area contributed by atoms with Crippen LogP contribution < -0.4 is 36.9 Å². The van der Waals surface area contributed by atoms with Gasteiger partial charge >= 0.3 is 6.09 Å². The van der Waals surface area contributed by atoms with Crippen molar-refractivity contribution >= 4 is 83.0 Å². The second-order valence-electron chi connectivity index (χ2n) is 35.4. The standard InChI is InChI=1S/C104H146N16O27/c1-76-71-96(127)118(102(76)130)39-11-5-6-19-93(124)112-110-74-80-22-26-82(27-23-80)101(129)107-37-47-137-55-63-146-69-67-141-59-51-133-43-33-92(123)109-73-79-20-24-81(25-21-79)98-87-29-28-84(14-12-17-85(87)78(3)111-113-98)147-104(132)108-38-48-138-56-64-144-66-58-140-50-42-117(94(125)34-44-134-52-60-142-68-70-145-62-54-136-46-36-106-91(122)32-40-119-97(128)72-77(2)103(119)131)41-49-139-57-65-143-61-53-135-45-35-105-90(121)30-31-95(126)120-75-83-13-7-8-15-86(83)100-99(114-115-116(100)4)88-16-9-10-18-89(88)120/h7-10,13,15-16,18,20-27,74,76-77,84H,5-6,11-12,14,17,19,28-73,75H2,1-4H3,(H,105,121)(H,106,122)(H,107,129)(H,108,132)(H,109,123)(H,112,124)/b110-74+/t76?,77?,84-/m1/s1. The number of nitrogens with one attached hydrogen (secondary N) is 6. The van der Waals surface area contributed by atoms with E-state index in [1.165, 1.54) is 11.1 Å². The third kappa shape index (κ3) is 42.7.